The largest absolute Gasteiger partial charge is 0.339 e. The lowest BCUT2D eigenvalue weighted by Gasteiger charge is -2.17. The Morgan fingerprint density at radius 3 is 2.91 bits per heavy atom. The highest BCUT2D eigenvalue weighted by molar-refractivity contribution is 6.31. The molecule has 0 N–H and O–H groups in total. The summed E-state index contributed by atoms with van der Waals surface area (Å²) >= 11 is 5.88. The van der Waals surface area contributed by atoms with Crippen LogP contribution in [-0.4, -0.2) is 34.0 Å². The third-order valence-corrected chi connectivity index (χ3v) is 4.34. The number of hydrogen-bond acceptors (Lipinski definition) is 4. The molecule has 1 aliphatic heterocycles. The first kappa shape index (κ1) is 15.0. The number of aryl methyl sites for hydroxylation is 2. The van der Waals surface area contributed by atoms with Crippen LogP contribution in [0.2, 0.25) is 5.02 Å². The van der Waals surface area contributed by atoms with E-state index in [1.165, 1.54) is 6.07 Å². The van der Waals surface area contributed by atoms with E-state index in [1.54, 1.807) is 24.8 Å². The standard InChI is InChI=1S/C15H15ClFN3O2/c1-8-3-4-11(13(17)12(8)16)15(21)20-6-5-10(7-20)14-18-9(2)19-22-14/h3-4,10H,5-7H2,1-2H3/t10-/m0/s1. The molecule has 0 bridgehead atoms. The van der Waals surface area contributed by atoms with E-state index in [0.29, 0.717) is 36.8 Å². The van der Waals surface area contributed by atoms with Crippen LogP contribution < -0.4 is 0 Å². The Morgan fingerprint density at radius 2 is 2.23 bits per heavy atom. The van der Waals surface area contributed by atoms with Crippen molar-refractivity contribution >= 4 is 17.5 Å². The molecule has 0 saturated carbocycles. The molecular weight excluding hydrogens is 309 g/mol. The summed E-state index contributed by atoms with van der Waals surface area (Å²) in [4.78, 5) is 18.3. The number of amides is 1. The topological polar surface area (TPSA) is 59.2 Å². The van der Waals surface area contributed by atoms with Gasteiger partial charge in [0.05, 0.1) is 16.5 Å². The van der Waals surface area contributed by atoms with E-state index < -0.39 is 5.82 Å². The number of likely N-dealkylation sites (tertiary alicyclic amines) is 1. The van der Waals surface area contributed by atoms with E-state index in [9.17, 15) is 9.18 Å². The van der Waals surface area contributed by atoms with Crippen molar-refractivity contribution < 1.29 is 13.7 Å². The van der Waals surface area contributed by atoms with Crippen LogP contribution in [0.4, 0.5) is 4.39 Å². The highest BCUT2D eigenvalue weighted by Crippen LogP contribution is 2.29. The average Bonchev–Trinajstić information content (AvgIpc) is 3.13. The Bertz CT molecular complexity index is 732. The van der Waals surface area contributed by atoms with Gasteiger partial charge in [-0.3, -0.25) is 4.79 Å². The molecule has 1 aromatic heterocycles. The normalized spacial score (nSPS) is 18.0. The molecule has 7 heteroatoms. The highest BCUT2D eigenvalue weighted by Gasteiger charge is 2.32. The fourth-order valence-electron chi connectivity index (χ4n) is 2.61. The number of halogens is 2. The van der Waals surface area contributed by atoms with Crippen LogP contribution >= 0.6 is 11.6 Å². The van der Waals surface area contributed by atoms with E-state index in [4.69, 9.17) is 16.1 Å². The molecule has 1 atom stereocenters. The first-order valence-electron chi connectivity index (χ1n) is 7.01. The van der Waals surface area contributed by atoms with Gasteiger partial charge >= 0.3 is 0 Å². The van der Waals surface area contributed by atoms with Crippen LogP contribution in [-0.2, 0) is 0 Å². The minimum atomic E-state index is -0.663. The van der Waals surface area contributed by atoms with Gasteiger partial charge in [0.15, 0.2) is 11.6 Å². The maximum Gasteiger partial charge on any atom is 0.256 e. The average molecular weight is 324 g/mol. The fraction of sp³-hybridized carbons (Fsp3) is 0.400. The second kappa shape index (κ2) is 5.68. The molecule has 116 valence electrons. The first-order valence-corrected chi connectivity index (χ1v) is 7.39. The minimum Gasteiger partial charge on any atom is -0.339 e. The Balaban J connectivity index is 1.78. The first-order chi connectivity index (χ1) is 10.5. The van der Waals surface area contributed by atoms with Crippen molar-refractivity contribution in [3.8, 4) is 0 Å². The van der Waals surface area contributed by atoms with Crippen molar-refractivity contribution in [2.45, 2.75) is 26.2 Å². The van der Waals surface area contributed by atoms with Gasteiger partial charge in [0.1, 0.15) is 0 Å². The Labute approximate surface area is 132 Å². The molecule has 0 unspecified atom stereocenters. The van der Waals surface area contributed by atoms with E-state index in [1.807, 2.05) is 0 Å². The van der Waals surface area contributed by atoms with E-state index >= 15 is 0 Å². The summed E-state index contributed by atoms with van der Waals surface area (Å²) in [7, 11) is 0. The molecule has 1 fully saturated rings. The number of hydrogen-bond donors (Lipinski definition) is 0. The number of aromatic nitrogens is 2. The Morgan fingerprint density at radius 1 is 1.45 bits per heavy atom. The molecule has 5 nitrogen and oxygen atoms in total. The predicted molar refractivity (Wildman–Crippen MR) is 78.4 cm³/mol. The van der Waals surface area contributed by atoms with Crippen molar-refractivity contribution in [3.63, 3.8) is 0 Å². The zero-order valence-electron chi connectivity index (χ0n) is 12.3. The molecule has 0 spiro atoms. The smallest absolute Gasteiger partial charge is 0.256 e. The zero-order chi connectivity index (χ0) is 15.9. The monoisotopic (exact) mass is 323 g/mol. The summed E-state index contributed by atoms with van der Waals surface area (Å²) in [6.45, 7) is 4.40. The minimum absolute atomic E-state index is 0.00189. The molecule has 2 heterocycles. The van der Waals surface area contributed by atoms with Crippen molar-refractivity contribution in [3.05, 3.63) is 45.8 Å². The van der Waals surface area contributed by atoms with E-state index in [2.05, 4.69) is 10.1 Å². The van der Waals surface area contributed by atoms with E-state index in [-0.39, 0.29) is 22.4 Å². The summed E-state index contributed by atoms with van der Waals surface area (Å²) in [5.74, 6) is 0.0577. The lowest BCUT2D eigenvalue weighted by atomic mass is 10.1. The summed E-state index contributed by atoms with van der Waals surface area (Å²) in [6.07, 6.45) is 0.717. The SMILES string of the molecule is Cc1noc([C@H]2CCN(C(=O)c3ccc(C)c(Cl)c3F)C2)n1. The van der Waals surface area contributed by atoms with Crippen molar-refractivity contribution in [2.75, 3.05) is 13.1 Å². The number of carbonyl (C=O) groups is 1. The number of rotatable bonds is 2. The Hall–Kier alpha value is -1.95. The number of nitrogens with zero attached hydrogens (tertiary/aromatic N) is 3. The second-order valence-corrected chi connectivity index (χ2v) is 5.85. The van der Waals surface area contributed by atoms with Crippen molar-refractivity contribution in [1.29, 1.82) is 0 Å². The predicted octanol–water partition coefficient (Wildman–Crippen LogP) is 3.11. The van der Waals surface area contributed by atoms with Gasteiger partial charge in [-0.05, 0) is 31.9 Å². The van der Waals surface area contributed by atoms with Crippen molar-refractivity contribution in [1.82, 2.24) is 15.0 Å². The van der Waals surface area contributed by atoms with Gasteiger partial charge in [-0.15, -0.1) is 0 Å². The van der Waals surface area contributed by atoms with Crippen LogP contribution in [0.1, 0.15) is 40.0 Å². The maximum absolute atomic E-state index is 14.2. The quantitative estimate of drug-likeness (QED) is 0.852. The maximum atomic E-state index is 14.2. The number of benzene rings is 1. The van der Waals surface area contributed by atoms with Crippen LogP contribution in [0, 0.1) is 19.7 Å². The van der Waals surface area contributed by atoms with E-state index in [0.717, 1.165) is 0 Å². The third-order valence-electron chi connectivity index (χ3n) is 3.87. The molecule has 22 heavy (non-hydrogen) atoms. The fourth-order valence-corrected chi connectivity index (χ4v) is 2.77. The molecule has 3 rings (SSSR count). The molecule has 2 aromatic rings. The van der Waals surface area contributed by atoms with Gasteiger partial charge < -0.3 is 9.42 Å². The molecule has 1 aromatic carbocycles. The molecule has 1 aliphatic rings. The van der Waals surface area contributed by atoms with Crippen LogP contribution in [0.15, 0.2) is 16.7 Å². The molecule has 1 amide bonds. The lowest BCUT2D eigenvalue weighted by molar-refractivity contribution is 0.0785. The summed E-state index contributed by atoms with van der Waals surface area (Å²) in [5, 5.41) is 3.75. The second-order valence-electron chi connectivity index (χ2n) is 5.47. The highest BCUT2D eigenvalue weighted by atomic mass is 35.5. The van der Waals surface area contributed by atoms with Crippen LogP contribution in [0.3, 0.4) is 0 Å². The van der Waals surface area contributed by atoms with Gasteiger partial charge in [-0.1, -0.05) is 22.8 Å². The van der Waals surface area contributed by atoms with Gasteiger partial charge in [0.2, 0.25) is 5.89 Å². The molecule has 0 aliphatic carbocycles. The summed E-state index contributed by atoms with van der Waals surface area (Å²) in [5.41, 5.74) is 0.606. The zero-order valence-corrected chi connectivity index (χ0v) is 13.0. The van der Waals surface area contributed by atoms with Gasteiger partial charge in [-0.25, -0.2) is 4.39 Å². The third kappa shape index (κ3) is 2.59. The van der Waals surface area contributed by atoms with Gasteiger partial charge in [0.25, 0.3) is 5.91 Å². The lowest BCUT2D eigenvalue weighted by Crippen LogP contribution is -2.29. The van der Waals surface area contributed by atoms with Crippen molar-refractivity contribution in [2.24, 2.45) is 0 Å². The van der Waals surface area contributed by atoms with Crippen LogP contribution in [0.5, 0.6) is 0 Å². The van der Waals surface area contributed by atoms with Gasteiger partial charge in [0, 0.05) is 13.1 Å². The Kier molecular flexibility index (Phi) is 3.87. The van der Waals surface area contributed by atoms with Crippen LogP contribution in [0.25, 0.3) is 0 Å². The molecule has 0 radical (unpaired) electrons. The molecule has 1 saturated heterocycles. The summed E-state index contributed by atoms with van der Waals surface area (Å²) in [6, 6.07) is 3.12. The van der Waals surface area contributed by atoms with Gasteiger partial charge in [-0.2, -0.15) is 4.98 Å². The molecular formula is C15H15ClFN3O2. The number of carbonyl (C=O) groups excluding carboxylic acids is 1. The summed E-state index contributed by atoms with van der Waals surface area (Å²) < 4.78 is 19.3.